The van der Waals surface area contributed by atoms with Gasteiger partial charge >= 0.3 is 11.7 Å². The van der Waals surface area contributed by atoms with Crippen molar-refractivity contribution in [3.05, 3.63) is 63.4 Å². The van der Waals surface area contributed by atoms with Crippen molar-refractivity contribution >= 4 is 11.9 Å². The lowest BCUT2D eigenvalue weighted by molar-refractivity contribution is 0.102. The van der Waals surface area contributed by atoms with Gasteiger partial charge in [0.2, 0.25) is 6.43 Å². The summed E-state index contributed by atoms with van der Waals surface area (Å²) in [6.07, 6.45) is 2.72. The minimum atomic E-state index is -2.50. The number of aryl methyl sites for hydroxylation is 1. The molecular formula is C20H23F2NO6. The van der Waals surface area contributed by atoms with Gasteiger partial charge in [-0.05, 0) is 32.3 Å². The Kier molecular flexibility index (Phi) is 9.50. The second kappa shape index (κ2) is 11.6. The Morgan fingerprint density at radius 2 is 1.97 bits per heavy atom. The van der Waals surface area contributed by atoms with Crippen LogP contribution in [0, 0.1) is 0 Å². The zero-order chi connectivity index (χ0) is 22.0. The molecule has 158 valence electrons. The normalized spacial score (nSPS) is 12.6. The van der Waals surface area contributed by atoms with E-state index < -0.39 is 41.7 Å². The molecule has 0 bridgehead atoms. The molecule has 1 heterocycles. The number of halogens is 2. The minimum absolute atomic E-state index is 0.0880. The Morgan fingerprint density at radius 3 is 2.55 bits per heavy atom. The number of carboxylic acid groups (broad SMARTS) is 1. The molecule has 0 spiro atoms. The highest BCUT2D eigenvalue weighted by Crippen LogP contribution is 2.20. The van der Waals surface area contributed by atoms with Crippen molar-refractivity contribution in [3.63, 3.8) is 0 Å². The number of rotatable bonds is 10. The van der Waals surface area contributed by atoms with Crippen molar-refractivity contribution in [2.75, 3.05) is 0 Å². The lowest BCUT2D eigenvalue weighted by Gasteiger charge is -2.05. The number of aromatic hydroxyl groups is 1. The molecule has 0 saturated carbocycles. The zero-order valence-corrected chi connectivity index (χ0v) is 16.1. The maximum Gasteiger partial charge on any atom is 0.408 e. The fourth-order valence-electron chi connectivity index (χ4n) is 2.32. The molecule has 0 aliphatic heterocycles. The molecule has 0 aliphatic carbocycles. The van der Waals surface area contributed by atoms with Gasteiger partial charge in [0, 0.05) is 25.1 Å². The van der Waals surface area contributed by atoms with Crippen LogP contribution in [0.5, 0.6) is 5.75 Å². The van der Waals surface area contributed by atoms with Gasteiger partial charge < -0.3 is 14.6 Å². The zero-order valence-electron chi connectivity index (χ0n) is 16.1. The fraction of sp³-hybridized carbons (Fsp3) is 0.350. The van der Waals surface area contributed by atoms with E-state index in [0.717, 1.165) is 0 Å². The van der Waals surface area contributed by atoms with E-state index in [-0.39, 0.29) is 11.3 Å². The van der Waals surface area contributed by atoms with E-state index >= 15 is 0 Å². The second-order valence-electron chi connectivity index (χ2n) is 6.29. The molecular weight excluding hydrogens is 388 g/mol. The van der Waals surface area contributed by atoms with Crippen LogP contribution in [0.1, 0.15) is 49.2 Å². The first-order valence-corrected chi connectivity index (χ1v) is 8.79. The topological polar surface area (TPSA) is 117 Å². The van der Waals surface area contributed by atoms with E-state index in [1.54, 1.807) is 6.08 Å². The molecule has 0 radical (unpaired) electrons. The maximum atomic E-state index is 12.4. The van der Waals surface area contributed by atoms with Crippen LogP contribution in [0.3, 0.4) is 0 Å². The average Bonchev–Trinajstić information content (AvgIpc) is 2.61. The van der Waals surface area contributed by atoms with Gasteiger partial charge in [0.05, 0.1) is 0 Å². The summed E-state index contributed by atoms with van der Waals surface area (Å²) in [5, 5.41) is 20.5. The SMILES string of the molecule is CC(=CC=C(C)C(=O)c1c(O)cc(CCCC=CNC(=O)O)oc1=O)CC(F)F. The Balaban J connectivity index is 2.83. The summed E-state index contributed by atoms with van der Waals surface area (Å²) in [5.74, 6) is -1.10. The molecule has 1 rings (SSSR count). The first-order chi connectivity index (χ1) is 13.6. The first-order valence-electron chi connectivity index (χ1n) is 8.79. The molecule has 1 amide bonds. The molecule has 0 fully saturated rings. The van der Waals surface area contributed by atoms with Gasteiger partial charge in [-0.3, -0.25) is 10.1 Å². The predicted octanol–water partition coefficient (Wildman–Crippen LogP) is 4.18. The summed E-state index contributed by atoms with van der Waals surface area (Å²) in [5.41, 5.74) is -1.06. The molecule has 9 heteroatoms. The number of carbonyl (C=O) groups is 2. The van der Waals surface area contributed by atoms with Crippen LogP contribution in [0.15, 0.2) is 50.9 Å². The highest BCUT2D eigenvalue weighted by Gasteiger charge is 2.20. The summed E-state index contributed by atoms with van der Waals surface area (Å²) in [6, 6.07) is 1.18. The van der Waals surface area contributed by atoms with Crippen LogP contribution in [0.2, 0.25) is 0 Å². The maximum absolute atomic E-state index is 12.4. The number of carbonyl (C=O) groups excluding carboxylic acids is 1. The molecule has 0 aliphatic rings. The molecule has 3 N–H and O–H groups in total. The van der Waals surface area contributed by atoms with Crippen LogP contribution in [0.4, 0.5) is 13.6 Å². The number of hydrogen-bond acceptors (Lipinski definition) is 5. The molecule has 1 aromatic heterocycles. The number of ketones is 1. The number of unbranched alkanes of at least 4 members (excludes halogenated alkanes) is 1. The summed E-state index contributed by atoms with van der Waals surface area (Å²) in [7, 11) is 0. The largest absolute Gasteiger partial charge is 0.507 e. The van der Waals surface area contributed by atoms with Crippen molar-refractivity contribution in [1.82, 2.24) is 5.32 Å². The van der Waals surface area contributed by atoms with E-state index in [2.05, 4.69) is 5.32 Å². The van der Waals surface area contributed by atoms with Crippen molar-refractivity contribution in [1.29, 1.82) is 0 Å². The second-order valence-corrected chi connectivity index (χ2v) is 6.29. The van der Waals surface area contributed by atoms with Crippen LogP contribution >= 0.6 is 0 Å². The number of nitrogens with one attached hydrogen (secondary N) is 1. The van der Waals surface area contributed by atoms with Crippen molar-refractivity contribution in [2.45, 2.75) is 46.0 Å². The molecule has 29 heavy (non-hydrogen) atoms. The summed E-state index contributed by atoms with van der Waals surface area (Å²) in [6.45, 7) is 2.90. The summed E-state index contributed by atoms with van der Waals surface area (Å²) < 4.78 is 29.7. The minimum Gasteiger partial charge on any atom is -0.507 e. The third-order valence-electron chi connectivity index (χ3n) is 3.78. The quantitative estimate of drug-likeness (QED) is 0.230. The van der Waals surface area contributed by atoms with Crippen molar-refractivity contribution < 1.29 is 33.0 Å². The average molecular weight is 411 g/mol. The van der Waals surface area contributed by atoms with Gasteiger partial charge in [0.1, 0.15) is 17.1 Å². The van der Waals surface area contributed by atoms with Gasteiger partial charge in [-0.15, -0.1) is 0 Å². The Bertz CT molecular complexity index is 883. The van der Waals surface area contributed by atoms with Crippen LogP contribution in [-0.4, -0.2) is 28.5 Å². The molecule has 0 saturated heterocycles. The number of Topliss-reactive ketones (excluding diaryl/α,β-unsaturated/α-hetero) is 1. The van der Waals surface area contributed by atoms with Crippen molar-refractivity contribution in [3.8, 4) is 5.75 Å². The monoisotopic (exact) mass is 411 g/mol. The Morgan fingerprint density at radius 1 is 1.28 bits per heavy atom. The Hall–Kier alpha value is -3.23. The molecule has 7 nitrogen and oxygen atoms in total. The molecule has 1 aromatic rings. The van der Waals surface area contributed by atoms with Crippen LogP contribution < -0.4 is 10.9 Å². The lowest BCUT2D eigenvalue weighted by atomic mass is 10.0. The van der Waals surface area contributed by atoms with E-state index in [4.69, 9.17) is 9.52 Å². The highest BCUT2D eigenvalue weighted by molar-refractivity contribution is 6.09. The van der Waals surface area contributed by atoms with E-state index in [1.807, 2.05) is 0 Å². The summed E-state index contributed by atoms with van der Waals surface area (Å²) >= 11 is 0. The predicted molar refractivity (Wildman–Crippen MR) is 102 cm³/mol. The van der Waals surface area contributed by atoms with Gasteiger partial charge in [0.15, 0.2) is 5.78 Å². The molecule has 0 atom stereocenters. The van der Waals surface area contributed by atoms with Crippen LogP contribution in [0.25, 0.3) is 0 Å². The first kappa shape index (κ1) is 23.8. The summed E-state index contributed by atoms with van der Waals surface area (Å²) in [4.78, 5) is 34.8. The smallest absolute Gasteiger partial charge is 0.408 e. The lowest BCUT2D eigenvalue weighted by Crippen LogP contribution is -2.16. The number of amides is 1. The fourth-order valence-corrected chi connectivity index (χ4v) is 2.32. The third-order valence-corrected chi connectivity index (χ3v) is 3.78. The van der Waals surface area contributed by atoms with Crippen LogP contribution in [-0.2, 0) is 6.42 Å². The standard InChI is InChI=1S/C20H23F2NO6/c1-12(10-16(21)22)7-8-13(2)18(25)17-15(24)11-14(29-19(17)26)6-4-3-5-9-23-20(27)28/h5,7-9,11,16,23-24H,3-4,6,10H2,1-2H3,(H,27,28). The van der Waals surface area contributed by atoms with E-state index in [9.17, 15) is 28.3 Å². The Labute approximate surface area is 166 Å². The number of allylic oxidation sites excluding steroid dienone is 5. The third kappa shape index (κ3) is 8.54. The van der Waals surface area contributed by atoms with Crippen molar-refractivity contribution in [2.24, 2.45) is 0 Å². The number of alkyl halides is 2. The van der Waals surface area contributed by atoms with Gasteiger partial charge in [-0.2, -0.15) is 0 Å². The van der Waals surface area contributed by atoms with E-state index in [0.29, 0.717) is 24.8 Å². The van der Waals surface area contributed by atoms with Gasteiger partial charge in [0.25, 0.3) is 0 Å². The molecule has 0 aromatic carbocycles. The molecule has 0 unspecified atom stereocenters. The van der Waals surface area contributed by atoms with Gasteiger partial charge in [-0.25, -0.2) is 18.4 Å². The van der Waals surface area contributed by atoms with Gasteiger partial charge in [-0.1, -0.05) is 23.8 Å². The number of hydrogen-bond donors (Lipinski definition) is 3. The van der Waals surface area contributed by atoms with E-state index in [1.165, 1.54) is 38.3 Å². The highest BCUT2D eigenvalue weighted by atomic mass is 19.3.